The number of nitrogens with zero attached hydrogens (tertiary/aromatic N) is 8. The SMILES string of the molecule is CC(C)C1CN(c2ccnc(NCCCN(C)C)n2)CCN1C(=Nc1cccc2ncccc12)NC#N.O=C(O)C(F)(F)F. The first-order valence-corrected chi connectivity index (χ1v) is 14.0. The Labute approximate surface area is 254 Å². The molecule has 236 valence electrons. The Kier molecular flexibility index (Phi) is 12.0. The number of piperazine rings is 1. The molecule has 3 aromatic rings. The van der Waals surface area contributed by atoms with Gasteiger partial charge in [-0.3, -0.25) is 10.3 Å². The summed E-state index contributed by atoms with van der Waals surface area (Å²) in [5, 5.41) is 23.8. The van der Waals surface area contributed by atoms with Gasteiger partial charge in [0, 0.05) is 44.0 Å². The molecule has 3 N–H and O–H groups in total. The van der Waals surface area contributed by atoms with Gasteiger partial charge in [-0.25, -0.2) is 14.8 Å². The minimum atomic E-state index is -5.08. The average Bonchev–Trinajstić information content (AvgIpc) is 2.99. The molecule has 1 fully saturated rings. The van der Waals surface area contributed by atoms with Crippen LogP contribution in [0.4, 0.5) is 30.6 Å². The van der Waals surface area contributed by atoms with E-state index in [1.165, 1.54) is 0 Å². The van der Waals surface area contributed by atoms with Crippen molar-refractivity contribution in [1.29, 1.82) is 5.26 Å². The number of benzene rings is 1. The number of aliphatic carboxylic acids is 1. The number of nitrogens with one attached hydrogen (secondary N) is 2. The van der Waals surface area contributed by atoms with Gasteiger partial charge in [-0.05, 0) is 63.3 Å². The number of carbonyl (C=O) groups is 1. The molecule has 0 spiro atoms. The van der Waals surface area contributed by atoms with Crippen LogP contribution in [0.5, 0.6) is 0 Å². The van der Waals surface area contributed by atoms with E-state index in [4.69, 9.17) is 19.9 Å². The Balaban J connectivity index is 0.000000676. The molecule has 0 amide bonds. The molecular formula is C29H37F3N10O2. The highest BCUT2D eigenvalue weighted by atomic mass is 19.4. The maximum Gasteiger partial charge on any atom is 0.490 e. The second kappa shape index (κ2) is 15.7. The molecule has 2 aromatic heterocycles. The van der Waals surface area contributed by atoms with Gasteiger partial charge in [-0.15, -0.1) is 0 Å². The number of carboxylic acid groups (broad SMARTS) is 1. The Morgan fingerprint density at radius 3 is 2.59 bits per heavy atom. The van der Waals surface area contributed by atoms with Crippen LogP contribution in [-0.2, 0) is 4.79 Å². The minimum Gasteiger partial charge on any atom is -0.475 e. The van der Waals surface area contributed by atoms with Gasteiger partial charge in [0.15, 0.2) is 6.19 Å². The fraction of sp³-hybridized carbons (Fsp3) is 0.448. The third-order valence-electron chi connectivity index (χ3n) is 6.75. The van der Waals surface area contributed by atoms with E-state index in [9.17, 15) is 18.4 Å². The van der Waals surface area contributed by atoms with Gasteiger partial charge in [0.05, 0.1) is 17.2 Å². The highest BCUT2D eigenvalue weighted by molar-refractivity contribution is 5.94. The van der Waals surface area contributed by atoms with Gasteiger partial charge < -0.3 is 25.1 Å². The fourth-order valence-electron chi connectivity index (χ4n) is 4.57. The fourth-order valence-corrected chi connectivity index (χ4v) is 4.57. The second-order valence-corrected chi connectivity index (χ2v) is 10.6. The van der Waals surface area contributed by atoms with Crippen LogP contribution in [0.2, 0.25) is 0 Å². The van der Waals surface area contributed by atoms with Crippen molar-refractivity contribution in [2.24, 2.45) is 10.9 Å². The molecule has 0 aliphatic carbocycles. The lowest BCUT2D eigenvalue weighted by Gasteiger charge is -2.44. The number of rotatable bonds is 8. The Hall–Kier alpha value is -4.71. The van der Waals surface area contributed by atoms with Crippen LogP contribution in [0.3, 0.4) is 0 Å². The van der Waals surface area contributed by atoms with Crippen molar-refractivity contribution in [3.05, 3.63) is 48.8 Å². The molecule has 1 aromatic carbocycles. The Morgan fingerprint density at radius 2 is 1.93 bits per heavy atom. The van der Waals surface area contributed by atoms with E-state index in [1.54, 1.807) is 6.20 Å². The van der Waals surface area contributed by atoms with E-state index in [-0.39, 0.29) is 6.04 Å². The highest BCUT2D eigenvalue weighted by Gasteiger charge is 2.38. The zero-order chi connectivity index (χ0) is 32.3. The van der Waals surface area contributed by atoms with Crippen LogP contribution < -0.4 is 15.5 Å². The van der Waals surface area contributed by atoms with Crippen molar-refractivity contribution in [2.45, 2.75) is 32.5 Å². The summed E-state index contributed by atoms with van der Waals surface area (Å²) in [5.74, 6) is -0.316. The Morgan fingerprint density at radius 1 is 1.18 bits per heavy atom. The summed E-state index contributed by atoms with van der Waals surface area (Å²) in [7, 11) is 4.15. The van der Waals surface area contributed by atoms with Crippen molar-refractivity contribution in [1.82, 2.24) is 30.1 Å². The number of carboxylic acids is 1. The topological polar surface area (TPSA) is 146 Å². The minimum absolute atomic E-state index is 0.132. The lowest BCUT2D eigenvalue weighted by Crippen LogP contribution is -2.59. The molecule has 1 aliphatic rings. The third-order valence-corrected chi connectivity index (χ3v) is 6.75. The number of pyridine rings is 1. The zero-order valence-electron chi connectivity index (χ0n) is 25.1. The molecule has 0 bridgehead atoms. The van der Waals surface area contributed by atoms with Crippen molar-refractivity contribution >= 4 is 40.3 Å². The molecule has 0 radical (unpaired) electrons. The predicted molar refractivity (Wildman–Crippen MR) is 163 cm³/mol. The third kappa shape index (κ3) is 9.66. The number of guanidine groups is 1. The van der Waals surface area contributed by atoms with Crippen LogP contribution >= 0.6 is 0 Å². The monoisotopic (exact) mass is 614 g/mol. The van der Waals surface area contributed by atoms with Crippen LogP contribution in [0, 0.1) is 17.4 Å². The first-order valence-electron chi connectivity index (χ1n) is 14.0. The molecule has 12 nitrogen and oxygen atoms in total. The summed E-state index contributed by atoms with van der Waals surface area (Å²) in [6.07, 6.45) is 1.62. The summed E-state index contributed by atoms with van der Waals surface area (Å²) < 4.78 is 31.7. The number of aliphatic imine (C=N–C) groups is 1. The summed E-state index contributed by atoms with van der Waals surface area (Å²) in [6, 6.07) is 11.9. The van der Waals surface area contributed by atoms with Crippen LogP contribution in [0.25, 0.3) is 10.9 Å². The zero-order valence-corrected chi connectivity index (χ0v) is 25.1. The number of halogens is 3. The summed E-state index contributed by atoms with van der Waals surface area (Å²) >= 11 is 0. The van der Waals surface area contributed by atoms with E-state index in [2.05, 4.69) is 69.4 Å². The van der Waals surface area contributed by atoms with E-state index in [1.807, 2.05) is 42.6 Å². The van der Waals surface area contributed by atoms with Crippen molar-refractivity contribution in [3.63, 3.8) is 0 Å². The highest BCUT2D eigenvalue weighted by Crippen LogP contribution is 2.27. The van der Waals surface area contributed by atoms with Crippen molar-refractivity contribution in [2.75, 3.05) is 57.0 Å². The molecule has 44 heavy (non-hydrogen) atoms. The summed E-state index contributed by atoms with van der Waals surface area (Å²) in [5.41, 5.74) is 1.66. The maximum absolute atomic E-state index is 10.6. The second-order valence-electron chi connectivity index (χ2n) is 10.6. The van der Waals surface area contributed by atoms with Gasteiger partial charge in [0.1, 0.15) is 5.82 Å². The number of anilines is 2. The smallest absolute Gasteiger partial charge is 0.475 e. The predicted octanol–water partition coefficient (Wildman–Crippen LogP) is 3.93. The number of hydrogen-bond acceptors (Lipinski definition) is 9. The molecule has 3 heterocycles. The normalized spacial score (nSPS) is 15.5. The number of alkyl halides is 3. The van der Waals surface area contributed by atoms with Crippen LogP contribution in [0.15, 0.2) is 53.8 Å². The number of fused-ring (bicyclic) bond motifs is 1. The first kappa shape index (κ1) is 33.8. The van der Waals surface area contributed by atoms with E-state index in [0.29, 0.717) is 24.4 Å². The van der Waals surface area contributed by atoms with Crippen molar-refractivity contribution in [3.8, 4) is 6.19 Å². The summed E-state index contributed by atoms with van der Waals surface area (Å²) in [6.45, 7) is 8.46. The van der Waals surface area contributed by atoms with Gasteiger partial charge in [-0.2, -0.15) is 23.4 Å². The van der Waals surface area contributed by atoms with E-state index >= 15 is 0 Å². The average molecular weight is 615 g/mol. The van der Waals surface area contributed by atoms with Gasteiger partial charge in [0.2, 0.25) is 11.9 Å². The summed E-state index contributed by atoms with van der Waals surface area (Å²) in [4.78, 5) is 34.1. The first-order chi connectivity index (χ1) is 20.9. The molecule has 0 saturated carbocycles. The molecule has 1 unspecified atom stereocenters. The quantitative estimate of drug-likeness (QED) is 0.112. The van der Waals surface area contributed by atoms with E-state index in [0.717, 1.165) is 55.0 Å². The molecule has 1 atom stereocenters. The largest absolute Gasteiger partial charge is 0.490 e. The maximum atomic E-state index is 10.6. The van der Waals surface area contributed by atoms with Crippen molar-refractivity contribution < 1.29 is 23.1 Å². The molecular weight excluding hydrogens is 577 g/mol. The number of aromatic nitrogens is 3. The van der Waals surface area contributed by atoms with Gasteiger partial charge in [0.25, 0.3) is 0 Å². The molecule has 4 rings (SSSR count). The lowest BCUT2D eigenvalue weighted by molar-refractivity contribution is -0.192. The molecule has 1 saturated heterocycles. The van der Waals surface area contributed by atoms with E-state index < -0.39 is 12.1 Å². The lowest BCUT2D eigenvalue weighted by atomic mass is 9.99. The number of hydrogen-bond donors (Lipinski definition) is 3. The molecule has 15 heteroatoms. The number of nitriles is 1. The standard InChI is InChI=1S/C27H36N10.C2HF3O2/c1-20(2)24-18-36(25-11-14-31-26(34-25)30-13-7-15-35(3)4)16-17-37(24)27(32-19-28)33-23-10-5-9-22-21(23)8-6-12-29-22;3-2(4,5)1(6)7/h5-6,8-12,14,20,24H,7,13,15-18H2,1-4H3,(H,32,33)(H,30,31,34);(H,6,7). The van der Waals surface area contributed by atoms with Crippen LogP contribution in [-0.4, -0.2) is 101 Å². The van der Waals surface area contributed by atoms with Crippen LogP contribution in [0.1, 0.15) is 20.3 Å². The van der Waals surface area contributed by atoms with Gasteiger partial charge in [-0.1, -0.05) is 19.9 Å². The Bertz CT molecular complexity index is 1450. The molecule has 1 aliphatic heterocycles. The van der Waals surface area contributed by atoms with Gasteiger partial charge >= 0.3 is 12.1 Å².